The van der Waals surface area contributed by atoms with Gasteiger partial charge in [-0.1, -0.05) is 12.1 Å². The average molecular weight is 285 g/mol. The van der Waals surface area contributed by atoms with Crippen LogP contribution in [-0.4, -0.2) is 47.7 Å². The summed E-state index contributed by atoms with van der Waals surface area (Å²) >= 11 is 0. The Labute approximate surface area is 111 Å². The first-order chi connectivity index (χ1) is 8.80. The Morgan fingerprint density at radius 1 is 1.32 bits per heavy atom. The van der Waals surface area contributed by atoms with Gasteiger partial charge in [-0.2, -0.15) is 4.31 Å². The fourth-order valence-corrected chi connectivity index (χ4v) is 3.59. The van der Waals surface area contributed by atoms with E-state index in [1.165, 1.54) is 12.1 Å². The topological polar surface area (TPSA) is 94.9 Å². The first-order valence-electron chi connectivity index (χ1n) is 5.79. The summed E-state index contributed by atoms with van der Waals surface area (Å²) in [6.45, 7) is 0.196. The van der Waals surface area contributed by atoms with Crippen LogP contribution in [0, 0.1) is 0 Å². The molecular formula is C12H15NO5S. The third-order valence-corrected chi connectivity index (χ3v) is 4.61. The Morgan fingerprint density at radius 3 is 2.37 bits per heavy atom. The highest BCUT2D eigenvalue weighted by atomic mass is 32.2. The number of rotatable bonds is 3. The summed E-state index contributed by atoms with van der Waals surface area (Å²) in [5.41, 5.74) is 0.719. The molecular weight excluding hydrogens is 270 g/mol. The van der Waals surface area contributed by atoms with Crippen LogP contribution in [0.15, 0.2) is 24.3 Å². The lowest BCUT2D eigenvalue weighted by molar-refractivity contribution is -0.141. The van der Waals surface area contributed by atoms with Crippen molar-refractivity contribution in [1.82, 2.24) is 4.31 Å². The van der Waals surface area contributed by atoms with Crippen molar-refractivity contribution < 1.29 is 23.4 Å². The monoisotopic (exact) mass is 285 g/mol. The smallest absolute Gasteiger partial charge is 0.322 e. The highest BCUT2D eigenvalue weighted by Crippen LogP contribution is 2.35. The molecule has 0 aromatic heterocycles. The predicted octanol–water partition coefficient (Wildman–Crippen LogP) is 0.594. The van der Waals surface area contributed by atoms with E-state index in [9.17, 15) is 23.4 Å². The second kappa shape index (κ2) is 4.82. The first kappa shape index (κ1) is 13.8. The van der Waals surface area contributed by atoms with Crippen molar-refractivity contribution in [3.8, 4) is 5.75 Å². The summed E-state index contributed by atoms with van der Waals surface area (Å²) in [6, 6.07) is 5.11. The maximum absolute atomic E-state index is 11.6. The second-order valence-electron chi connectivity index (χ2n) is 4.64. The number of carboxylic acids is 1. The van der Waals surface area contributed by atoms with Gasteiger partial charge in [-0.05, 0) is 24.1 Å². The lowest BCUT2D eigenvalue weighted by Gasteiger charge is -2.22. The fourth-order valence-electron chi connectivity index (χ4n) is 2.50. The van der Waals surface area contributed by atoms with Crippen LogP contribution in [0.2, 0.25) is 0 Å². The highest BCUT2D eigenvalue weighted by molar-refractivity contribution is 7.88. The molecule has 0 amide bonds. The van der Waals surface area contributed by atoms with Crippen LogP contribution in [0.1, 0.15) is 17.9 Å². The van der Waals surface area contributed by atoms with Crippen molar-refractivity contribution >= 4 is 16.0 Å². The summed E-state index contributed by atoms with van der Waals surface area (Å²) in [5, 5.41) is 18.5. The van der Waals surface area contributed by atoms with Crippen LogP contribution in [0.25, 0.3) is 0 Å². The minimum atomic E-state index is -3.54. The zero-order valence-electron chi connectivity index (χ0n) is 10.4. The number of aromatic hydroxyl groups is 1. The number of hydrogen-bond acceptors (Lipinski definition) is 4. The molecule has 0 saturated carbocycles. The lowest BCUT2D eigenvalue weighted by Crippen LogP contribution is -2.42. The molecule has 2 atom stereocenters. The Hall–Kier alpha value is -1.60. The van der Waals surface area contributed by atoms with E-state index in [-0.39, 0.29) is 12.3 Å². The number of carbonyl (C=O) groups is 1. The molecule has 1 aliphatic rings. The summed E-state index contributed by atoms with van der Waals surface area (Å²) in [4.78, 5) is 11.4. The Kier molecular flexibility index (Phi) is 3.51. The van der Waals surface area contributed by atoms with Crippen molar-refractivity contribution in [2.75, 3.05) is 12.8 Å². The van der Waals surface area contributed by atoms with E-state index in [2.05, 4.69) is 0 Å². The summed E-state index contributed by atoms with van der Waals surface area (Å²) in [7, 11) is -3.54. The fraction of sp³-hybridized carbons (Fsp3) is 0.417. The van der Waals surface area contributed by atoms with Gasteiger partial charge >= 0.3 is 5.97 Å². The number of benzene rings is 1. The van der Waals surface area contributed by atoms with Gasteiger partial charge in [-0.3, -0.25) is 4.79 Å². The van der Waals surface area contributed by atoms with Crippen LogP contribution in [0.3, 0.4) is 0 Å². The summed E-state index contributed by atoms with van der Waals surface area (Å²) < 4.78 is 24.2. The molecule has 6 nitrogen and oxygen atoms in total. The summed E-state index contributed by atoms with van der Waals surface area (Å²) in [6.07, 6.45) is 1.47. The van der Waals surface area contributed by atoms with Crippen molar-refractivity contribution in [1.29, 1.82) is 0 Å². The van der Waals surface area contributed by atoms with Crippen molar-refractivity contribution in [2.24, 2.45) is 0 Å². The van der Waals surface area contributed by atoms with Gasteiger partial charge in [0.1, 0.15) is 11.8 Å². The predicted molar refractivity (Wildman–Crippen MR) is 68.4 cm³/mol. The Bertz CT molecular complexity index is 581. The molecule has 0 unspecified atom stereocenters. The minimum absolute atomic E-state index is 0.0913. The van der Waals surface area contributed by atoms with Crippen LogP contribution >= 0.6 is 0 Å². The number of nitrogens with zero attached hydrogens (tertiary/aromatic N) is 1. The number of hydrogen-bond donors (Lipinski definition) is 2. The molecule has 104 valence electrons. The Balaban J connectivity index is 2.37. The molecule has 1 aromatic carbocycles. The zero-order valence-corrected chi connectivity index (χ0v) is 11.2. The number of phenols is 1. The lowest BCUT2D eigenvalue weighted by atomic mass is 9.92. The van der Waals surface area contributed by atoms with Gasteiger partial charge in [0.15, 0.2) is 0 Å². The number of sulfonamides is 1. The van der Waals surface area contributed by atoms with Gasteiger partial charge in [0.05, 0.1) is 6.26 Å². The van der Waals surface area contributed by atoms with Crippen molar-refractivity contribution in [2.45, 2.75) is 18.4 Å². The van der Waals surface area contributed by atoms with E-state index in [1.54, 1.807) is 12.1 Å². The third-order valence-electron chi connectivity index (χ3n) is 3.35. The van der Waals surface area contributed by atoms with E-state index >= 15 is 0 Å². The van der Waals surface area contributed by atoms with E-state index in [1.807, 2.05) is 0 Å². The van der Waals surface area contributed by atoms with Gasteiger partial charge in [0, 0.05) is 12.5 Å². The maximum Gasteiger partial charge on any atom is 0.322 e. The van der Waals surface area contributed by atoms with Gasteiger partial charge in [-0.25, -0.2) is 8.42 Å². The minimum Gasteiger partial charge on any atom is -0.508 e. The average Bonchev–Trinajstić information content (AvgIpc) is 2.74. The van der Waals surface area contributed by atoms with Gasteiger partial charge in [0.2, 0.25) is 10.0 Å². The van der Waals surface area contributed by atoms with Gasteiger partial charge < -0.3 is 10.2 Å². The molecule has 1 aliphatic heterocycles. The maximum atomic E-state index is 11.6. The van der Waals surface area contributed by atoms with Crippen LogP contribution in [-0.2, 0) is 14.8 Å². The van der Waals surface area contributed by atoms with E-state index < -0.39 is 28.0 Å². The van der Waals surface area contributed by atoms with Crippen molar-refractivity contribution in [3.63, 3.8) is 0 Å². The van der Waals surface area contributed by atoms with Crippen LogP contribution in [0.5, 0.6) is 5.75 Å². The largest absolute Gasteiger partial charge is 0.508 e. The second-order valence-corrected chi connectivity index (χ2v) is 6.58. The van der Waals surface area contributed by atoms with E-state index in [0.717, 1.165) is 16.1 Å². The molecule has 0 bridgehead atoms. The third kappa shape index (κ3) is 2.71. The SMILES string of the molecule is CS(=O)(=O)N1CC[C@H](c2ccc(O)cc2)[C@H]1C(=O)O. The van der Waals surface area contributed by atoms with Gasteiger partial charge in [-0.15, -0.1) is 0 Å². The van der Waals surface area contributed by atoms with E-state index in [0.29, 0.717) is 6.42 Å². The number of phenolic OH excluding ortho intramolecular Hbond substituents is 1. The zero-order chi connectivity index (χ0) is 14.2. The molecule has 0 radical (unpaired) electrons. The molecule has 1 heterocycles. The van der Waals surface area contributed by atoms with Crippen LogP contribution < -0.4 is 0 Å². The normalized spacial score (nSPS) is 24.5. The molecule has 1 fully saturated rings. The molecule has 19 heavy (non-hydrogen) atoms. The molecule has 1 saturated heterocycles. The van der Waals surface area contributed by atoms with Crippen molar-refractivity contribution in [3.05, 3.63) is 29.8 Å². The standard InChI is InChI=1S/C12H15NO5S/c1-19(17,18)13-7-6-10(11(13)12(15)16)8-2-4-9(14)5-3-8/h2-5,10-11,14H,6-7H2,1H3,(H,15,16)/t10-,11+/m1/s1. The quantitative estimate of drug-likeness (QED) is 0.847. The first-order valence-corrected chi connectivity index (χ1v) is 7.64. The molecule has 1 aromatic rings. The molecule has 2 rings (SSSR count). The summed E-state index contributed by atoms with van der Waals surface area (Å²) in [5.74, 6) is -1.46. The number of carboxylic acid groups (broad SMARTS) is 1. The molecule has 2 N–H and O–H groups in total. The molecule has 0 aliphatic carbocycles. The van der Waals surface area contributed by atoms with E-state index in [4.69, 9.17) is 0 Å². The van der Waals surface area contributed by atoms with Crippen LogP contribution in [0.4, 0.5) is 0 Å². The molecule has 7 heteroatoms. The Morgan fingerprint density at radius 2 is 1.89 bits per heavy atom. The molecule has 0 spiro atoms. The number of aliphatic carboxylic acids is 1. The van der Waals surface area contributed by atoms with Gasteiger partial charge in [0.25, 0.3) is 0 Å². The highest BCUT2D eigenvalue weighted by Gasteiger charge is 2.44.